The maximum atomic E-state index is 2.42. The third-order valence-electron chi connectivity index (χ3n) is 9.40. The molecule has 3 heteroatoms. The van der Waals surface area contributed by atoms with Crippen LogP contribution in [0.15, 0.2) is 158 Å². The van der Waals surface area contributed by atoms with Gasteiger partial charge in [-0.1, -0.05) is 127 Å². The molecule has 0 fully saturated rings. The maximum Gasteiger partial charge on any atom is 0.0995 e. The molecule has 0 bridgehead atoms. The van der Waals surface area contributed by atoms with Crippen molar-refractivity contribution >= 4 is 71.1 Å². The Bertz CT molecular complexity index is 2440. The largest absolute Gasteiger partial charge is 0.362 e. The molecule has 2 nitrogen and oxygen atoms in total. The SMILES string of the molecule is CN1CC=Cc2c1sc1c(N(c3ccc(-c4ccccc4)cc3)c3ccc(-c4cc5ccccc5c5ccccc45)cc3)cccc21. The topological polar surface area (TPSA) is 6.48 Å². The Hall–Kier alpha value is -5.64. The highest BCUT2D eigenvalue weighted by atomic mass is 32.1. The highest BCUT2D eigenvalue weighted by Gasteiger charge is 2.22. The van der Waals surface area contributed by atoms with Gasteiger partial charge < -0.3 is 9.80 Å². The zero-order valence-corrected chi connectivity index (χ0v) is 26.9. The van der Waals surface area contributed by atoms with Crippen molar-refractivity contribution in [1.82, 2.24) is 0 Å². The van der Waals surface area contributed by atoms with Crippen molar-refractivity contribution in [3.63, 3.8) is 0 Å². The number of nitrogens with zero attached hydrogens (tertiary/aromatic N) is 2. The Morgan fingerprint density at radius 1 is 0.553 bits per heavy atom. The van der Waals surface area contributed by atoms with E-state index in [2.05, 4.69) is 181 Å². The standard InChI is InChI=1S/C44H32N2S/c1-45-28-10-18-40-39-17-9-19-42(43(39)47-44(40)45)46(34-24-20-31(21-25-34)30-11-3-2-4-12-30)35-26-22-32(23-27-35)41-29-33-13-5-6-14-36(33)37-15-7-8-16-38(37)41/h2-27,29H,28H2,1H3. The lowest BCUT2D eigenvalue weighted by molar-refractivity contribution is 1.04. The van der Waals surface area contributed by atoms with Gasteiger partial charge in [0.15, 0.2) is 0 Å². The number of benzene rings is 7. The third kappa shape index (κ3) is 4.70. The van der Waals surface area contributed by atoms with E-state index in [1.54, 1.807) is 0 Å². The predicted molar refractivity (Wildman–Crippen MR) is 205 cm³/mol. The molecule has 0 spiro atoms. The van der Waals surface area contributed by atoms with Gasteiger partial charge in [0.05, 0.1) is 15.4 Å². The molecule has 0 unspecified atom stereocenters. The van der Waals surface area contributed by atoms with Crippen molar-refractivity contribution in [2.24, 2.45) is 0 Å². The van der Waals surface area contributed by atoms with Crippen molar-refractivity contribution in [3.8, 4) is 22.3 Å². The molecule has 0 N–H and O–H groups in total. The van der Waals surface area contributed by atoms with Crippen LogP contribution in [-0.4, -0.2) is 13.6 Å². The molecule has 7 aromatic carbocycles. The lowest BCUT2D eigenvalue weighted by atomic mass is 9.93. The Kier molecular flexibility index (Phi) is 6.65. The molecule has 1 aromatic heterocycles. The molecule has 0 saturated carbocycles. The van der Waals surface area contributed by atoms with Crippen molar-refractivity contribution in [3.05, 3.63) is 163 Å². The molecular formula is C44H32N2S. The molecule has 0 saturated heterocycles. The van der Waals surface area contributed by atoms with Crippen molar-refractivity contribution < 1.29 is 0 Å². The average molecular weight is 621 g/mol. The fourth-order valence-electron chi connectivity index (χ4n) is 7.09. The summed E-state index contributed by atoms with van der Waals surface area (Å²) in [5.74, 6) is 0. The molecule has 1 aliphatic heterocycles. The van der Waals surface area contributed by atoms with Gasteiger partial charge in [-0.2, -0.15) is 0 Å². The Labute approximate surface area is 279 Å². The minimum Gasteiger partial charge on any atom is -0.362 e. The maximum absolute atomic E-state index is 2.42. The Balaban J connectivity index is 1.20. The van der Waals surface area contributed by atoms with Crippen LogP contribution >= 0.6 is 11.3 Å². The summed E-state index contributed by atoms with van der Waals surface area (Å²) in [5, 5.41) is 7.75. The number of anilines is 4. The van der Waals surface area contributed by atoms with Crippen LogP contribution in [0.1, 0.15) is 5.56 Å². The highest BCUT2D eigenvalue weighted by Crippen LogP contribution is 2.48. The van der Waals surface area contributed by atoms with Gasteiger partial charge in [0.2, 0.25) is 0 Å². The summed E-state index contributed by atoms with van der Waals surface area (Å²) in [7, 11) is 2.19. The molecule has 8 aromatic rings. The summed E-state index contributed by atoms with van der Waals surface area (Å²) in [6, 6.07) is 55.3. The predicted octanol–water partition coefficient (Wildman–Crippen LogP) is 12.5. The van der Waals surface area contributed by atoms with E-state index in [9.17, 15) is 0 Å². The fourth-order valence-corrected chi connectivity index (χ4v) is 8.35. The van der Waals surface area contributed by atoms with Gasteiger partial charge >= 0.3 is 0 Å². The smallest absolute Gasteiger partial charge is 0.0995 e. The molecule has 0 radical (unpaired) electrons. The number of fused-ring (bicyclic) bond motifs is 6. The molecule has 1 aliphatic rings. The number of hydrogen-bond acceptors (Lipinski definition) is 3. The number of thiophene rings is 1. The Morgan fingerprint density at radius 2 is 1.17 bits per heavy atom. The third-order valence-corrected chi connectivity index (χ3v) is 10.8. The highest BCUT2D eigenvalue weighted by molar-refractivity contribution is 7.23. The average Bonchev–Trinajstić information content (AvgIpc) is 3.53. The summed E-state index contributed by atoms with van der Waals surface area (Å²) in [5.41, 5.74) is 9.69. The fraction of sp³-hybridized carbons (Fsp3) is 0.0455. The number of rotatable bonds is 5. The lowest BCUT2D eigenvalue weighted by Crippen LogP contribution is -2.18. The summed E-state index contributed by atoms with van der Waals surface area (Å²) >= 11 is 1.89. The molecule has 0 atom stereocenters. The minimum atomic E-state index is 0.935. The first-order chi connectivity index (χ1) is 23.2. The summed E-state index contributed by atoms with van der Waals surface area (Å²) < 4.78 is 1.30. The van der Waals surface area contributed by atoms with E-state index in [-0.39, 0.29) is 0 Å². The van der Waals surface area contributed by atoms with Gasteiger partial charge in [0, 0.05) is 35.9 Å². The van der Waals surface area contributed by atoms with E-state index in [0.717, 1.165) is 17.9 Å². The molecule has 2 heterocycles. The number of hydrogen-bond donors (Lipinski definition) is 0. The van der Waals surface area contributed by atoms with E-state index in [1.165, 1.54) is 70.1 Å². The van der Waals surface area contributed by atoms with Crippen LogP contribution in [0.4, 0.5) is 22.1 Å². The quantitative estimate of drug-likeness (QED) is 0.177. The zero-order valence-electron chi connectivity index (χ0n) is 26.1. The van der Waals surface area contributed by atoms with Gasteiger partial charge in [-0.15, -0.1) is 11.3 Å². The van der Waals surface area contributed by atoms with E-state index in [1.807, 2.05) is 11.3 Å². The zero-order chi connectivity index (χ0) is 31.3. The van der Waals surface area contributed by atoms with E-state index in [0.29, 0.717) is 0 Å². The van der Waals surface area contributed by atoms with Gasteiger partial charge in [0.25, 0.3) is 0 Å². The van der Waals surface area contributed by atoms with Crippen LogP contribution in [0.5, 0.6) is 0 Å². The van der Waals surface area contributed by atoms with Crippen LogP contribution in [0, 0.1) is 0 Å². The lowest BCUT2D eigenvalue weighted by Gasteiger charge is -2.26. The first kappa shape index (κ1) is 27.7. The van der Waals surface area contributed by atoms with Crippen molar-refractivity contribution in [2.45, 2.75) is 0 Å². The van der Waals surface area contributed by atoms with Crippen LogP contribution in [-0.2, 0) is 0 Å². The van der Waals surface area contributed by atoms with E-state index < -0.39 is 0 Å². The second-order valence-electron chi connectivity index (χ2n) is 12.2. The van der Waals surface area contributed by atoms with Gasteiger partial charge in [-0.3, -0.25) is 0 Å². The normalized spacial score (nSPS) is 12.6. The van der Waals surface area contributed by atoms with Gasteiger partial charge in [0.1, 0.15) is 0 Å². The van der Waals surface area contributed by atoms with Crippen LogP contribution in [0.25, 0.3) is 60.0 Å². The van der Waals surface area contributed by atoms with Crippen LogP contribution < -0.4 is 9.80 Å². The second-order valence-corrected chi connectivity index (χ2v) is 13.2. The minimum absolute atomic E-state index is 0.935. The van der Waals surface area contributed by atoms with Crippen molar-refractivity contribution in [2.75, 3.05) is 23.4 Å². The summed E-state index contributed by atoms with van der Waals surface area (Å²) in [6.45, 7) is 0.935. The second kappa shape index (κ2) is 11.3. The molecule has 224 valence electrons. The molecule has 0 aliphatic carbocycles. The first-order valence-corrected chi connectivity index (χ1v) is 16.9. The molecule has 0 amide bonds. The van der Waals surface area contributed by atoms with Gasteiger partial charge in [-0.05, 0) is 80.2 Å². The monoisotopic (exact) mass is 620 g/mol. The molecule has 47 heavy (non-hydrogen) atoms. The van der Waals surface area contributed by atoms with Crippen molar-refractivity contribution in [1.29, 1.82) is 0 Å². The first-order valence-electron chi connectivity index (χ1n) is 16.1. The summed E-state index contributed by atoms with van der Waals surface area (Å²) in [6.07, 6.45) is 4.55. The molecule has 9 rings (SSSR count). The van der Waals surface area contributed by atoms with Crippen LogP contribution in [0.3, 0.4) is 0 Å². The van der Waals surface area contributed by atoms with Gasteiger partial charge in [-0.25, -0.2) is 0 Å². The van der Waals surface area contributed by atoms with E-state index >= 15 is 0 Å². The molecular weight excluding hydrogens is 589 g/mol. The van der Waals surface area contributed by atoms with E-state index in [4.69, 9.17) is 0 Å². The number of likely N-dealkylation sites (N-methyl/N-ethyl adjacent to an activating group) is 1. The van der Waals surface area contributed by atoms with Crippen LogP contribution in [0.2, 0.25) is 0 Å². The Morgan fingerprint density at radius 3 is 1.94 bits per heavy atom. The summed E-state index contributed by atoms with van der Waals surface area (Å²) in [4.78, 5) is 4.77.